The third kappa shape index (κ3) is 6.74. The molecule has 0 spiro atoms. The fourth-order valence-electron chi connectivity index (χ4n) is 1.42. The van der Waals surface area contributed by atoms with Gasteiger partial charge in [-0.1, -0.05) is 12.1 Å². The highest BCUT2D eigenvalue weighted by atomic mass is 16.5. The van der Waals surface area contributed by atoms with Crippen LogP contribution in [0.15, 0.2) is 10.6 Å². The van der Waals surface area contributed by atoms with E-state index >= 15 is 0 Å². The van der Waals surface area contributed by atoms with Crippen LogP contribution in [0.5, 0.6) is 0 Å². The van der Waals surface area contributed by atoms with Gasteiger partial charge in [0, 0.05) is 12.6 Å². The van der Waals surface area contributed by atoms with Crippen LogP contribution < -0.4 is 5.32 Å². The molecular weight excluding hydrogens is 232 g/mol. The molecule has 1 aromatic rings. The molecule has 0 saturated heterocycles. The summed E-state index contributed by atoms with van der Waals surface area (Å²) in [6, 6.07) is 1.92. The first-order chi connectivity index (χ1) is 8.72. The Kier molecular flexibility index (Phi) is 7.64. The normalized spacial score (nSPS) is 11.3. The molecule has 104 valence electrons. The van der Waals surface area contributed by atoms with Crippen LogP contribution in [0, 0.1) is 0 Å². The van der Waals surface area contributed by atoms with E-state index < -0.39 is 0 Å². The molecule has 1 N–H and O–H groups in total. The summed E-state index contributed by atoms with van der Waals surface area (Å²) in [7, 11) is 0. The second-order valence-corrected chi connectivity index (χ2v) is 4.43. The van der Waals surface area contributed by atoms with Gasteiger partial charge in [0.05, 0.1) is 25.0 Å². The van der Waals surface area contributed by atoms with Gasteiger partial charge in [0.1, 0.15) is 6.61 Å². The maximum Gasteiger partial charge on any atom is 0.162 e. The molecule has 0 atom stereocenters. The van der Waals surface area contributed by atoms with Crippen molar-refractivity contribution >= 4 is 0 Å². The first-order valence-electron chi connectivity index (χ1n) is 6.57. The molecule has 0 aliphatic carbocycles. The lowest BCUT2D eigenvalue weighted by molar-refractivity contribution is 0.00926. The molecule has 1 aromatic heterocycles. The van der Waals surface area contributed by atoms with Crippen LogP contribution in [0.1, 0.15) is 38.6 Å². The summed E-state index contributed by atoms with van der Waals surface area (Å²) in [5.41, 5.74) is 0.917. The molecule has 0 amide bonds. The maximum absolute atomic E-state index is 5.43. The Bertz CT molecular complexity index is 313. The first kappa shape index (κ1) is 15.1. The summed E-state index contributed by atoms with van der Waals surface area (Å²) in [6.07, 6.45) is 1.36. The van der Waals surface area contributed by atoms with E-state index in [1.54, 1.807) is 0 Å². The van der Waals surface area contributed by atoms with Crippen LogP contribution in [-0.2, 0) is 22.6 Å². The first-order valence-corrected chi connectivity index (χ1v) is 6.57. The van der Waals surface area contributed by atoms with E-state index in [0.29, 0.717) is 19.8 Å². The number of hydrogen-bond acceptors (Lipinski definition) is 5. The van der Waals surface area contributed by atoms with Gasteiger partial charge in [-0.25, -0.2) is 0 Å². The minimum absolute atomic E-state index is 0.245. The van der Waals surface area contributed by atoms with Crippen molar-refractivity contribution in [3.63, 3.8) is 0 Å². The summed E-state index contributed by atoms with van der Waals surface area (Å²) in [6.45, 7) is 9.51. The lowest BCUT2D eigenvalue weighted by Crippen LogP contribution is -2.13. The predicted octanol–water partition coefficient (Wildman–Crippen LogP) is 2.12. The van der Waals surface area contributed by atoms with Gasteiger partial charge in [-0.15, -0.1) is 0 Å². The molecule has 0 aliphatic rings. The molecule has 0 radical (unpaired) electrons. The van der Waals surface area contributed by atoms with Crippen LogP contribution in [0.25, 0.3) is 0 Å². The summed E-state index contributed by atoms with van der Waals surface area (Å²) in [5, 5.41) is 7.24. The SMILES string of the molecule is CCCNCc1cc(COCCOC(C)C)on1. The molecular formula is C13H24N2O3. The number of rotatable bonds is 10. The van der Waals surface area contributed by atoms with Crippen LogP contribution in [0.2, 0.25) is 0 Å². The summed E-state index contributed by atoms with van der Waals surface area (Å²) in [4.78, 5) is 0. The van der Waals surface area contributed by atoms with E-state index in [1.807, 2.05) is 19.9 Å². The van der Waals surface area contributed by atoms with Crippen LogP contribution in [-0.4, -0.2) is 31.0 Å². The Balaban J connectivity index is 2.11. The molecule has 0 bridgehead atoms. The van der Waals surface area contributed by atoms with E-state index in [9.17, 15) is 0 Å². The van der Waals surface area contributed by atoms with Crippen molar-refractivity contribution in [2.24, 2.45) is 0 Å². The highest BCUT2D eigenvalue weighted by Gasteiger charge is 2.03. The molecule has 0 fully saturated rings. The maximum atomic E-state index is 5.43. The van der Waals surface area contributed by atoms with Crippen molar-refractivity contribution in [2.75, 3.05) is 19.8 Å². The number of hydrogen-bond donors (Lipinski definition) is 1. The van der Waals surface area contributed by atoms with Gasteiger partial charge in [0.25, 0.3) is 0 Å². The summed E-state index contributed by atoms with van der Waals surface area (Å²) >= 11 is 0. The minimum atomic E-state index is 0.245. The monoisotopic (exact) mass is 256 g/mol. The second-order valence-electron chi connectivity index (χ2n) is 4.43. The van der Waals surface area contributed by atoms with Gasteiger partial charge in [-0.2, -0.15) is 0 Å². The van der Waals surface area contributed by atoms with E-state index in [4.69, 9.17) is 14.0 Å². The minimum Gasteiger partial charge on any atom is -0.376 e. The van der Waals surface area contributed by atoms with Crippen LogP contribution in [0.4, 0.5) is 0 Å². The highest BCUT2D eigenvalue weighted by Crippen LogP contribution is 2.05. The molecule has 1 heterocycles. The third-order valence-corrected chi connectivity index (χ3v) is 2.26. The quantitative estimate of drug-likeness (QED) is 0.650. The van der Waals surface area contributed by atoms with Gasteiger partial charge in [0.15, 0.2) is 5.76 Å². The van der Waals surface area contributed by atoms with E-state index in [-0.39, 0.29) is 6.10 Å². The van der Waals surface area contributed by atoms with Gasteiger partial charge in [-0.05, 0) is 26.8 Å². The predicted molar refractivity (Wildman–Crippen MR) is 69.2 cm³/mol. The van der Waals surface area contributed by atoms with Crippen molar-refractivity contribution in [1.82, 2.24) is 10.5 Å². The second kappa shape index (κ2) is 9.08. The van der Waals surface area contributed by atoms with Gasteiger partial charge < -0.3 is 19.3 Å². The zero-order chi connectivity index (χ0) is 13.2. The number of aromatic nitrogens is 1. The molecule has 0 aromatic carbocycles. The van der Waals surface area contributed by atoms with Crippen molar-refractivity contribution in [3.8, 4) is 0 Å². The van der Waals surface area contributed by atoms with Crippen molar-refractivity contribution < 1.29 is 14.0 Å². The molecule has 0 unspecified atom stereocenters. The highest BCUT2D eigenvalue weighted by molar-refractivity contribution is 5.04. The third-order valence-electron chi connectivity index (χ3n) is 2.26. The van der Waals surface area contributed by atoms with Gasteiger partial charge in [-0.3, -0.25) is 0 Å². The molecule has 18 heavy (non-hydrogen) atoms. The number of ether oxygens (including phenoxy) is 2. The number of nitrogens with one attached hydrogen (secondary N) is 1. The average Bonchev–Trinajstić information content (AvgIpc) is 2.77. The fraction of sp³-hybridized carbons (Fsp3) is 0.769. The summed E-state index contributed by atoms with van der Waals surface area (Å²) in [5.74, 6) is 0.757. The van der Waals surface area contributed by atoms with Gasteiger partial charge in [0.2, 0.25) is 0 Å². The Morgan fingerprint density at radius 3 is 2.94 bits per heavy atom. The average molecular weight is 256 g/mol. The van der Waals surface area contributed by atoms with E-state index in [1.165, 1.54) is 0 Å². The Hall–Kier alpha value is -0.910. The Morgan fingerprint density at radius 2 is 2.22 bits per heavy atom. The molecule has 5 nitrogen and oxygen atoms in total. The van der Waals surface area contributed by atoms with Crippen molar-refractivity contribution in [3.05, 3.63) is 17.5 Å². The molecule has 0 saturated carbocycles. The molecule has 5 heteroatoms. The number of nitrogens with zero attached hydrogens (tertiary/aromatic N) is 1. The van der Waals surface area contributed by atoms with Crippen molar-refractivity contribution in [2.45, 2.75) is 46.4 Å². The van der Waals surface area contributed by atoms with Gasteiger partial charge >= 0.3 is 0 Å². The van der Waals surface area contributed by atoms with Crippen LogP contribution >= 0.6 is 0 Å². The molecule has 0 aliphatic heterocycles. The largest absolute Gasteiger partial charge is 0.376 e. The smallest absolute Gasteiger partial charge is 0.162 e. The van der Waals surface area contributed by atoms with Crippen LogP contribution in [0.3, 0.4) is 0 Å². The fourth-order valence-corrected chi connectivity index (χ4v) is 1.42. The van der Waals surface area contributed by atoms with E-state index in [2.05, 4.69) is 17.4 Å². The zero-order valence-corrected chi connectivity index (χ0v) is 11.6. The molecule has 1 rings (SSSR count). The zero-order valence-electron chi connectivity index (χ0n) is 11.6. The van der Waals surface area contributed by atoms with E-state index in [0.717, 1.165) is 31.0 Å². The van der Waals surface area contributed by atoms with Crippen molar-refractivity contribution in [1.29, 1.82) is 0 Å². The Labute approximate surface area is 109 Å². The lowest BCUT2D eigenvalue weighted by Gasteiger charge is -2.06. The topological polar surface area (TPSA) is 56.5 Å². The Morgan fingerprint density at radius 1 is 1.39 bits per heavy atom. The summed E-state index contributed by atoms with van der Waals surface area (Å²) < 4.78 is 16.0. The lowest BCUT2D eigenvalue weighted by atomic mass is 10.3. The standard InChI is InChI=1S/C13H24N2O3/c1-4-5-14-9-12-8-13(18-15-12)10-16-6-7-17-11(2)3/h8,11,14H,4-7,9-10H2,1-3H3.